The maximum atomic E-state index is 9.09. The topological polar surface area (TPSA) is 46.2 Å². The van der Waals surface area contributed by atoms with E-state index in [0.29, 0.717) is 10.9 Å². The normalized spacial score (nSPS) is 27.2. The molecule has 0 unspecified atom stereocenters. The molecule has 64 valence electrons. The molecule has 12 heavy (non-hydrogen) atoms. The van der Waals surface area contributed by atoms with Crippen LogP contribution in [0.1, 0.15) is 17.9 Å². The SMILES string of the molecule is N[C@@H]1C[C@H]1c1ccc(O)cc1Cl. The van der Waals surface area contributed by atoms with E-state index < -0.39 is 0 Å². The van der Waals surface area contributed by atoms with Crippen LogP contribution in [-0.2, 0) is 0 Å². The molecular weight excluding hydrogens is 174 g/mol. The van der Waals surface area contributed by atoms with E-state index in [1.54, 1.807) is 12.1 Å². The van der Waals surface area contributed by atoms with Crippen LogP contribution in [0.3, 0.4) is 0 Å². The van der Waals surface area contributed by atoms with Crippen molar-refractivity contribution < 1.29 is 5.11 Å². The minimum atomic E-state index is 0.206. The zero-order valence-corrected chi connectivity index (χ0v) is 7.25. The lowest BCUT2D eigenvalue weighted by Gasteiger charge is -2.02. The first-order valence-corrected chi connectivity index (χ1v) is 4.30. The zero-order chi connectivity index (χ0) is 8.72. The molecule has 0 amide bonds. The maximum Gasteiger partial charge on any atom is 0.117 e. The molecule has 0 aliphatic heterocycles. The average molecular weight is 184 g/mol. The highest BCUT2D eigenvalue weighted by Crippen LogP contribution is 2.42. The molecule has 3 heteroatoms. The molecule has 0 bridgehead atoms. The molecule has 2 nitrogen and oxygen atoms in total. The van der Waals surface area contributed by atoms with E-state index in [9.17, 15) is 0 Å². The summed E-state index contributed by atoms with van der Waals surface area (Å²) in [5.41, 5.74) is 6.74. The van der Waals surface area contributed by atoms with Crippen molar-refractivity contribution in [3.05, 3.63) is 28.8 Å². The Bertz CT molecular complexity index is 313. The van der Waals surface area contributed by atoms with Gasteiger partial charge in [-0.15, -0.1) is 0 Å². The first kappa shape index (κ1) is 7.90. The van der Waals surface area contributed by atoms with Crippen LogP contribution in [0.15, 0.2) is 18.2 Å². The summed E-state index contributed by atoms with van der Waals surface area (Å²) in [7, 11) is 0. The Balaban J connectivity index is 2.33. The minimum absolute atomic E-state index is 0.206. The van der Waals surface area contributed by atoms with E-state index >= 15 is 0 Å². The summed E-state index contributed by atoms with van der Waals surface area (Å²) in [6.07, 6.45) is 1.00. The quantitative estimate of drug-likeness (QED) is 0.698. The largest absolute Gasteiger partial charge is 0.508 e. The number of phenols is 1. The number of nitrogens with two attached hydrogens (primary N) is 1. The van der Waals surface area contributed by atoms with Gasteiger partial charge in [-0.1, -0.05) is 17.7 Å². The molecule has 0 spiro atoms. The molecule has 1 aromatic carbocycles. The monoisotopic (exact) mass is 183 g/mol. The fourth-order valence-electron chi connectivity index (χ4n) is 1.39. The predicted octanol–water partition coefficient (Wildman–Crippen LogP) is 1.86. The van der Waals surface area contributed by atoms with E-state index in [-0.39, 0.29) is 11.8 Å². The molecular formula is C9H10ClNO. The van der Waals surface area contributed by atoms with E-state index in [0.717, 1.165) is 12.0 Å². The standard InChI is InChI=1S/C9H10ClNO/c10-8-3-5(12)1-2-6(8)7-4-9(7)11/h1-3,7,9,12H,4,11H2/t7-,9+/m0/s1. The smallest absolute Gasteiger partial charge is 0.117 e. The molecule has 2 atom stereocenters. The van der Waals surface area contributed by atoms with E-state index in [4.69, 9.17) is 22.4 Å². The maximum absolute atomic E-state index is 9.09. The minimum Gasteiger partial charge on any atom is -0.508 e. The number of aromatic hydroxyl groups is 1. The molecule has 0 radical (unpaired) electrons. The summed E-state index contributed by atoms with van der Waals surface area (Å²) >= 11 is 5.91. The van der Waals surface area contributed by atoms with Gasteiger partial charge in [-0.05, 0) is 24.1 Å². The number of phenolic OH excluding ortho intramolecular Hbond substituents is 1. The lowest BCUT2D eigenvalue weighted by molar-refractivity contribution is 0.475. The Morgan fingerprint density at radius 1 is 1.50 bits per heavy atom. The van der Waals surface area contributed by atoms with Crippen LogP contribution in [0, 0.1) is 0 Å². The summed E-state index contributed by atoms with van der Waals surface area (Å²) in [5.74, 6) is 0.607. The second-order valence-corrected chi connectivity index (χ2v) is 3.62. The van der Waals surface area contributed by atoms with Gasteiger partial charge in [0.15, 0.2) is 0 Å². The van der Waals surface area contributed by atoms with Gasteiger partial charge in [-0.3, -0.25) is 0 Å². The highest BCUT2D eigenvalue weighted by Gasteiger charge is 2.36. The van der Waals surface area contributed by atoms with Crippen LogP contribution in [0.25, 0.3) is 0 Å². The first-order valence-electron chi connectivity index (χ1n) is 3.92. The van der Waals surface area contributed by atoms with Crippen molar-refractivity contribution in [2.75, 3.05) is 0 Å². The third kappa shape index (κ3) is 1.28. The van der Waals surface area contributed by atoms with Crippen molar-refractivity contribution in [2.24, 2.45) is 5.73 Å². The van der Waals surface area contributed by atoms with Gasteiger partial charge in [0, 0.05) is 17.0 Å². The van der Waals surface area contributed by atoms with Gasteiger partial charge < -0.3 is 10.8 Å². The molecule has 1 aliphatic rings. The third-order valence-corrected chi connectivity index (χ3v) is 2.55. The first-order chi connectivity index (χ1) is 5.68. The number of hydrogen-bond acceptors (Lipinski definition) is 2. The fourth-order valence-corrected chi connectivity index (χ4v) is 1.70. The van der Waals surface area contributed by atoms with Crippen LogP contribution in [0.5, 0.6) is 5.75 Å². The average Bonchev–Trinajstić information content (AvgIpc) is 2.66. The summed E-state index contributed by atoms with van der Waals surface area (Å²) in [6.45, 7) is 0. The van der Waals surface area contributed by atoms with Gasteiger partial charge in [0.05, 0.1) is 0 Å². The number of benzene rings is 1. The van der Waals surface area contributed by atoms with Crippen molar-refractivity contribution in [2.45, 2.75) is 18.4 Å². The van der Waals surface area contributed by atoms with Crippen molar-refractivity contribution in [3.63, 3.8) is 0 Å². The molecule has 2 rings (SSSR count). The summed E-state index contributed by atoms with van der Waals surface area (Å²) in [4.78, 5) is 0. The van der Waals surface area contributed by atoms with Crippen molar-refractivity contribution in [1.29, 1.82) is 0 Å². The summed E-state index contributed by atoms with van der Waals surface area (Å²) < 4.78 is 0. The second-order valence-electron chi connectivity index (χ2n) is 3.21. The van der Waals surface area contributed by atoms with E-state index in [2.05, 4.69) is 0 Å². The number of halogens is 1. The van der Waals surface area contributed by atoms with Crippen LogP contribution in [0.2, 0.25) is 5.02 Å². The lowest BCUT2D eigenvalue weighted by Crippen LogP contribution is -2.01. The Kier molecular flexibility index (Phi) is 1.74. The molecule has 1 saturated carbocycles. The van der Waals surface area contributed by atoms with Gasteiger partial charge in [-0.25, -0.2) is 0 Å². The molecule has 1 aliphatic carbocycles. The van der Waals surface area contributed by atoms with Crippen LogP contribution >= 0.6 is 11.6 Å². The summed E-state index contributed by atoms with van der Waals surface area (Å²) in [5, 5.41) is 9.71. The highest BCUT2D eigenvalue weighted by atomic mass is 35.5. The molecule has 0 saturated heterocycles. The van der Waals surface area contributed by atoms with Crippen LogP contribution < -0.4 is 5.73 Å². The van der Waals surface area contributed by atoms with Crippen molar-refractivity contribution in [3.8, 4) is 5.75 Å². The molecule has 3 N–H and O–H groups in total. The number of rotatable bonds is 1. The van der Waals surface area contributed by atoms with Crippen molar-refractivity contribution in [1.82, 2.24) is 0 Å². The lowest BCUT2D eigenvalue weighted by atomic mass is 10.1. The van der Waals surface area contributed by atoms with Crippen LogP contribution in [-0.4, -0.2) is 11.1 Å². The van der Waals surface area contributed by atoms with Crippen LogP contribution in [0.4, 0.5) is 0 Å². The van der Waals surface area contributed by atoms with Gasteiger partial charge in [0.2, 0.25) is 0 Å². The molecule has 0 heterocycles. The summed E-state index contributed by atoms with van der Waals surface area (Å²) in [6, 6.07) is 5.30. The van der Waals surface area contributed by atoms with Gasteiger partial charge in [-0.2, -0.15) is 0 Å². The van der Waals surface area contributed by atoms with Gasteiger partial charge in [0.1, 0.15) is 5.75 Å². The molecule has 0 aromatic heterocycles. The van der Waals surface area contributed by atoms with E-state index in [1.807, 2.05) is 6.07 Å². The Morgan fingerprint density at radius 3 is 2.67 bits per heavy atom. The number of hydrogen-bond donors (Lipinski definition) is 2. The Labute approximate surface area is 76.0 Å². The molecule has 1 aromatic rings. The third-order valence-electron chi connectivity index (χ3n) is 2.22. The van der Waals surface area contributed by atoms with Crippen molar-refractivity contribution >= 4 is 11.6 Å². The Morgan fingerprint density at radius 2 is 2.17 bits per heavy atom. The van der Waals surface area contributed by atoms with Gasteiger partial charge >= 0.3 is 0 Å². The second kappa shape index (κ2) is 2.64. The predicted molar refractivity (Wildman–Crippen MR) is 48.5 cm³/mol. The highest BCUT2D eigenvalue weighted by molar-refractivity contribution is 6.31. The Hall–Kier alpha value is -0.730. The molecule has 1 fully saturated rings. The van der Waals surface area contributed by atoms with Gasteiger partial charge in [0.25, 0.3) is 0 Å². The zero-order valence-electron chi connectivity index (χ0n) is 6.50. The van der Waals surface area contributed by atoms with E-state index in [1.165, 1.54) is 0 Å². The fraction of sp³-hybridized carbons (Fsp3) is 0.333.